The van der Waals surface area contributed by atoms with Gasteiger partial charge in [-0.15, -0.1) is 0 Å². The highest BCUT2D eigenvalue weighted by Crippen LogP contribution is 2.26. The van der Waals surface area contributed by atoms with E-state index in [2.05, 4.69) is 118 Å². The molecule has 63 heavy (non-hydrogen) atoms. The van der Waals surface area contributed by atoms with Crippen LogP contribution in [0.3, 0.4) is 0 Å². The third kappa shape index (κ3) is 9.84. The summed E-state index contributed by atoms with van der Waals surface area (Å²) in [7, 11) is 0. The Labute approximate surface area is 367 Å². The van der Waals surface area contributed by atoms with Crippen molar-refractivity contribution in [1.82, 2.24) is 44.9 Å². The Morgan fingerprint density at radius 1 is 0.286 bits per heavy atom. The molecule has 0 unspecified atom stereocenters. The van der Waals surface area contributed by atoms with E-state index in [1.165, 1.54) is 16.7 Å². The first-order chi connectivity index (χ1) is 31.1. The van der Waals surface area contributed by atoms with E-state index in [0.717, 1.165) is 19.3 Å². The molecule has 12 bridgehead atoms. The summed E-state index contributed by atoms with van der Waals surface area (Å²) in [5.74, 6) is 5.74. The van der Waals surface area contributed by atoms with E-state index < -0.39 is 0 Å². The number of fused-ring (bicyclic) bond motifs is 3. The van der Waals surface area contributed by atoms with Gasteiger partial charge in [-0.05, 0) is 36.0 Å². The fourth-order valence-electron chi connectivity index (χ4n) is 8.36. The second-order valence-electron chi connectivity index (χ2n) is 16.2. The minimum Gasteiger partial charge on any atom is -0.354 e. The summed E-state index contributed by atoms with van der Waals surface area (Å²) in [6.45, 7) is 10.6. The molecule has 18 nitrogen and oxygen atoms in total. The summed E-state index contributed by atoms with van der Waals surface area (Å²) in [6, 6.07) is 31.4. The van der Waals surface area contributed by atoms with Gasteiger partial charge in [0, 0.05) is 98.2 Å². The minimum absolute atomic E-state index is 0.578. The summed E-state index contributed by atoms with van der Waals surface area (Å²) in [5.41, 5.74) is 3.78. The lowest BCUT2D eigenvalue weighted by Gasteiger charge is -2.36. The van der Waals surface area contributed by atoms with Crippen LogP contribution < -0.4 is 45.3 Å². The summed E-state index contributed by atoms with van der Waals surface area (Å²) in [4.78, 5) is 58.8. The first kappa shape index (κ1) is 40.0. The Balaban J connectivity index is 0.949. The Hall–Kier alpha value is -7.11. The molecule has 13 rings (SSSR count). The SMILES string of the molecule is c1ccc(CCNc2nc3nc(n2)N2CCN(CC2)c2nc(NCCc4ccccc4)nc(n2)N2CCN(CC2)c2nc(NCCc4ccccc4)nc(n2)N2CCN3CC2)cc1. The van der Waals surface area contributed by atoms with Gasteiger partial charge in [-0.1, -0.05) is 91.0 Å². The number of hydrogen-bond acceptors (Lipinski definition) is 18. The molecule has 0 atom stereocenters. The molecule has 0 amide bonds. The number of benzene rings is 3. The monoisotopic (exact) mass is 846 g/mol. The molecule has 0 radical (unpaired) electrons. The second-order valence-corrected chi connectivity index (χ2v) is 16.2. The Morgan fingerprint density at radius 3 is 0.698 bits per heavy atom. The number of hydrogen-bond donors (Lipinski definition) is 3. The van der Waals surface area contributed by atoms with Crippen LogP contribution in [0.4, 0.5) is 53.5 Å². The summed E-state index contributed by atoms with van der Waals surface area (Å²) < 4.78 is 0. The maximum Gasteiger partial charge on any atom is 0.232 e. The second kappa shape index (κ2) is 18.9. The van der Waals surface area contributed by atoms with Crippen molar-refractivity contribution in [3.63, 3.8) is 0 Å². The Bertz CT molecular complexity index is 2040. The maximum absolute atomic E-state index is 5.12. The normalized spacial score (nSPS) is 16.0. The van der Waals surface area contributed by atoms with E-state index in [0.29, 0.717) is 152 Å². The average molecular weight is 847 g/mol. The van der Waals surface area contributed by atoms with E-state index in [-0.39, 0.29) is 0 Å². The molecule has 0 spiro atoms. The molecule has 0 aliphatic carbocycles. The van der Waals surface area contributed by atoms with Gasteiger partial charge in [-0.25, -0.2) is 0 Å². The molecule has 3 aromatic heterocycles. The average Bonchev–Trinajstić information content (AvgIpc) is 3.35. The van der Waals surface area contributed by atoms with E-state index in [1.54, 1.807) is 0 Å². The summed E-state index contributed by atoms with van der Waals surface area (Å²) >= 11 is 0. The van der Waals surface area contributed by atoms with E-state index >= 15 is 0 Å². The van der Waals surface area contributed by atoms with Gasteiger partial charge in [-0.3, -0.25) is 0 Å². The molecular weight excluding hydrogens is 793 g/mol. The van der Waals surface area contributed by atoms with E-state index in [9.17, 15) is 0 Å². The zero-order valence-corrected chi connectivity index (χ0v) is 35.6. The highest BCUT2D eigenvalue weighted by Gasteiger charge is 2.29. The molecular formula is C45H54N18. The lowest BCUT2D eigenvalue weighted by atomic mass is 10.1. The van der Waals surface area contributed by atoms with Crippen LogP contribution in [0.2, 0.25) is 0 Å². The maximum atomic E-state index is 5.12. The number of rotatable bonds is 12. The van der Waals surface area contributed by atoms with Crippen LogP contribution in [0.5, 0.6) is 0 Å². The first-order valence-electron chi connectivity index (χ1n) is 22.3. The lowest BCUT2D eigenvalue weighted by molar-refractivity contribution is 0.612. The summed E-state index contributed by atoms with van der Waals surface area (Å²) in [5, 5.41) is 10.6. The first-order valence-corrected chi connectivity index (χ1v) is 22.3. The van der Waals surface area contributed by atoms with Crippen molar-refractivity contribution in [2.45, 2.75) is 19.3 Å². The molecule has 324 valence electrons. The minimum atomic E-state index is 0.578. The largest absolute Gasteiger partial charge is 0.354 e. The molecule has 6 aromatic rings. The molecule has 3 fully saturated rings. The third-order valence-electron chi connectivity index (χ3n) is 12.0. The fraction of sp³-hybridized carbons (Fsp3) is 0.400. The van der Waals surface area contributed by atoms with Gasteiger partial charge in [0.05, 0.1) is 0 Å². The van der Waals surface area contributed by atoms with Crippen molar-refractivity contribution < 1.29 is 0 Å². The van der Waals surface area contributed by atoms with Crippen molar-refractivity contribution in [3.05, 3.63) is 108 Å². The third-order valence-corrected chi connectivity index (χ3v) is 12.0. The van der Waals surface area contributed by atoms with Crippen LogP contribution in [0.15, 0.2) is 91.0 Å². The van der Waals surface area contributed by atoms with Gasteiger partial charge in [0.15, 0.2) is 0 Å². The number of anilines is 9. The predicted molar refractivity (Wildman–Crippen MR) is 249 cm³/mol. The molecule has 7 aliphatic heterocycles. The van der Waals surface area contributed by atoms with Crippen molar-refractivity contribution in [2.75, 3.05) is 144 Å². The number of nitrogens with one attached hydrogen (secondary N) is 3. The van der Waals surface area contributed by atoms with Gasteiger partial charge < -0.3 is 45.3 Å². The van der Waals surface area contributed by atoms with Crippen molar-refractivity contribution in [1.29, 1.82) is 0 Å². The summed E-state index contributed by atoms with van der Waals surface area (Å²) in [6.07, 6.45) is 2.58. The van der Waals surface area contributed by atoms with Crippen molar-refractivity contribution in [3.8, 4) is 0 Å². The molecule has 18 heteroatoms. The zero-order chi connectivity index (χ0) is 42.2. The molecule has 3 saturated heterocycles. The molecule has 0 saturated carbocycles. The van der Waals surface area contributed by atoms with Gasteiger partial charge >= 0.3 is 0 Å². The number of piperazine rings is 3. The van der Waals surface area contributed by atoms with Crippen LogP contribution in [0.1, 0.15) is 16.7 Å². The van der Waals surface area contributed by atoms with Crippen LogP contribution in [0.25, 0.3) is 0 Å². The van der Waals surface area contributed by atoms with Crippen molar-refractivity contribution in [2.24, 2.45) is 0 Å². The number of nitrogens with zero attached hydrogens (tertiary/aromatic N) is 15. The quantitative estimate of drug-likeness (QED) is 0.163. The van der Waals surface area contributed by atoms with Crippen LogP contribution in [-0.4, -0.2) is 143 Å². The van der Waals surface area contributed by atoms with Crippen molar-refractivity contribution >= 4 is 53.5 Å². The van der Waals surface area contributed by atoms with Gasteiger partial charge in [-0.2, -0.15) is 44.9 Å². The van der Waals surface area contributed by atoms with E-state index in [1.807, 2.05) is 18.2 Å². The van der Waals surface area contributed by atoms with E-state index in [4.69, 9.17) is 44.9 Å². The Kier molecular flexibility index (Phi) is 12.0. The molecule has 7 aliphatic rings. The number of aromatic nitrogens is 9. The topological polar surface area (TPSA) is 172 Å². The van der Waals surface area contributed by atoms with Crippen LogP contribution in [-0.2, 0) is 19.3 Å². The highest BCUT2D eigenvalue weighted by molar-refractivity contribution is 5.53. The molecule has 3 N–H and O–H groups in total. The van der Waals surface area contributed by atoms with Gasteiger partial charge in [0.1, 0.15) is 0 Å². The highest BCUT2D eigenvalue weighted by atomic mass is 15.5. The lowest BCUT2D eigenvalue weighted by Crippen LogP contribution is -2.49. The smallest absolute Gasteiger partial charge is 0.232 e. The molecule has 10 heterocycles. The van der Waals surface area contributed by atoms with Gasteiger partial charge in [0.25, 0.3) is 0 Å². The van der Waals surface area contributed by atoms with Crippen LogP contribution >= 0.6 is 0 Å². The predicted octanol–water partition coefficient (Wildman–Crippen LogP) is 3.50. The molecule has 3 aromatic carbocycles. The fourth-order valence-corrected chi connectivity index (χ4v) is 8.36. The van der Waals surface area contributed by atoms with Gasteiger partial charge in [0.2, 0.25) is 53.5 Å². The zero-order valence-electron chi connectivity index (χ0n) is 35.6. The standard InChI is InChI=1S/C45H54N18/c1-4-10-34(11-5-1)16-19-46-37-49-40-55-41(50-37)59-24-28-61(29-25-59)43-52-39(48-21-18-36-14-8-3-9-15-36)54-45(57-43)63-32-30-62(31-33-63)44-53-38(47-20-17-35-12-6-2-7-13-35)51-42(56-44)60-26-22-58(40)23-27-60/h1-15H,16-33H2,(H,46,49,50,55)(H,47,51,53,56)(H,48,52,54,57). The Morgan fingerprint density at radius 2 is 0.492 bits per heavy atom. The van der Waals surface area contributed by atoms with Crippen LogP contribution in [0, 0.1) is 0 Å².